The third-order valence-corrected chi connectivity index (χ3v) is 7.95. The molecule has 0 radical (unpaired) electrons. The van der Waals surface area contributed by atoms with Gasteiger partial charge in [-0.1, -0.05) is 44.0 Å². The van der Waals surface area contributed by atoms with E-state index in [1.165, 1.54) is 4.90 Å². The van der Waals surface area contributed by atoms with Gasteiger partial charge in [-0.25, -0.2) is 8.42 Å². The summed E-state index contributed by atoms with van der Waals surface area (Å²) in [4.78, 5) is 27.0. The monoisotopic (exact) mass is 440 g/mol. The summed E-state index contributed by atoms with van der Waals surface area (Å²) in [5.41, 5.74) is 2.86. The molecule has 1 heterocycles. The fourth-order valence-electron chi connectivity index (χ4n) is 4.62. The summed E-state index contributed by atoms with van der Waals surface area (Å²) in [6.07, 6.45) is 4.36. The number of anilines is 1. The van der Waals surface area contributed by atoms with Gasteiger partial charge in [-0.05, 0) is 61.1 Å². The molecule has 0 bridgehead atoms. The summed E-state index contributed by atoms with van der Waals surface area (Å²) in [5, 5.41) is 0. The van der Waals surface area contributed by atoms with Crippen molar-refractivity contribution in [3.05, 3.63) is 59.2 Å². The lowest BCUT2D eigenvalue weighted by molar-refractivity contribution is -0.140. The predicted molar refractivity (Wildman–Crippen MR) is 119 cm³/mol. The topological polar surface area (TPSA) is 83.6 Å². The number of benzene rings is 2. The molecule has 2 aliphatic rings. The Morgan fingerprint density at radius 3 is 2.10 bits per heavy atom. The number of nitrogens with zero attached hydrogens (tertiary/aromatic N) is 1. The van der Waals surface area contributed by atoms with Crippen molar-refractivity contribution in [3.63, 3.8) is 0 Å². The molecule has 0 spiro atoms. The van der Waals surface area contributed by atoms with E-state index >= 15 is 0 Å². The maximum atomic E-state index is 13.0. The van der Waals surface area contributed by atoms with E-state index < -0.39 is 10.0 Å². The highest BCUT2D eigenvalue weighted by molar-refractivity contribution is 7.92. The van der Waals surface area contributed by atoms with Gasteiger partial charge in [0.15, 0.2) is 0 Å². The van der Waals surface area contributed by atoms with Crippen LogP contribution in [0, 0.1) is 18.8 Å². The standard InChI is InChI=1S/C24H28N2O4S/c1-3-17-10-12-19(13-11-17)25-31(29,30)22-14-18(9-8-16(22)2)15-26-23(27)20-6-4-5-7-21(20)24(26)28/h8-14,20-21,25H,3-7,15H2,1-2H3. The normalized spacial score (nSPS) is 21.3. The number of imide groups is 1. The minimum Gasteiger partial charge on any atom is -0.280 e. The minimum absolute atomic E-state index is 0.110. The Balaban J connectivity index is 1.56. The lowest BCUT2D eigenvalue weighted by Crippen LogP contribution is -2.30. The number of amides is 2. The largest absolute Gasteiger partial charge is 0.280 e. The van der Waals surface area contributed by atoms with Crippen molar-refractivity contribution < 1.29 is 18.0 Å². The van der Waals surface area contributed by atoms with Crippen molar-refractivity contribution in [2.24, 2.45) is 11.8 Å². The summed E-state index contributed by atoms with van der Waals surface area (Å²) in [6.45, 7) is 3.89. The van der Waals surface area contributed by atoms with Crippen LogP contribution in [0.15, 0.2) is 47.4 Å². The maximum absolute atomic E-state index is 13.0. The van der Waals surface area contributed by atoms with E-state index in [-0.39, 0.29) is 35.1 Å². The molecule has 0 aromatic heterocycles. The molecule has 1 aliphatic carbocycles. The van der Waals surface area contributed by atoms with Gasteiger partial charge < -0.3 is 0 Å². The molecule has 1 aliphatic heterocycles. The van der Waals surface area contributed by atoms with E-state index in [1.807, 2.05) is 19.1 Å². The highest BCUT2D eigenvalue weighted by Gasteiger charge is 2.47. The molecular formula is C24H28N2O4S. The van der Waals surface area contributed by atoms with Crippen LogP contribution in [0.1, 0.15) is 49.3 Å². The number of rotatable bonds is 6. The molecule has 7 heteroatoms. The molecule has 2 atom stereocenters. The van der Waals surface area contributed by atoms with Crippen molar-refractivity contribution in [2.75, 3.05) is 4.72 Å². The number of fused-ring (bicyclic) bond motifs is 1. The molecule has 2 aromatic rings. The zero-order chi connectivity index (χ0) is 22.2. The number of sulfonamides is 1. The van der Waals surface area contributed by atoms with Gasteiger partial charge in [0.2, 0.25) is 11.8 Å². The maximum Gasteiger partial charge on any atom is 0.262 e. The van der Waals surface area contributed by atoms with Crippen LogP contribution < -0.4 is 4.72 Å². The van der Waals surface area contributed by atoms with E-state index in [0.717, 1.165) is 37.7 Å². The van der Waals surface area contributed by atoms with Gasteiger partial charge in [-0.15, -0.1) is 0 Å². The van der Waals surface area contributed by atoms with Crippen molar-refractivity contribution in [3.8, 4) is 0 Å². The molecule has 6 nitrogen and oxygen atoms in total. The lowest BCUT2D eigenvalue weighted by Gasteiger charge is -2.19. The average molecular weight is 441 g/mol. The summed E-state index contributed by atoms with van der Waals surface area (Å²) in [5.74, 6) is -0.645. The highest BCUT2D eigenvalue weighted by Crippen LogP contribution is 2.38. The zero-order valence-corrected chi connectivity index (χ0v) is 18.7. The first kappa shape index (κ1) is 21.6. The Bertz CT molecular complexity index is 1080. The number of aryl methyl sites for hydroxylation is 2. The molecular weight excluding hydrogens is 412 g/mol. The lowest BCUT2D eigenvalue weighted by atomic mass is 9.81. The van der Waals surface area contributed by atoms with Gasteiger partial charge in [0.05, 0.1) is 23.3 Å². The first-order chi connectivity index (χ1) is 14.8. The smallest absolute Gasteiger partial charge is 0.262 e. The van der Waals surface area contributed by atoms with E-state index in [4.69, 9.17) is 0 Å². The molecule has 4 rings (SSSR count). The van der Waals surface area contributed by atoms with Crippen LogP contribution in [-0.4, -0.2) is 25.1 Å². The fourth-order valence-corrected chi connectivity index (χ4v) is 5.98. The third kappa shape index (κ3) is 4.24. The Morgan fingerprint density at radius 2 is 1.52 bits per heavy atom. The van der Waals surface area contributed by atoms with Crippen LogP contribution >= 0.6 is 0 Å². The highest BCUT2D eigenvalue weighted by atomic mass is 32.2. The van der Waals surface area contributed by atoms with Crippen molar-refractivity contribution in [1.29, 1.82) is 0 Å². The van der Waals surface area contributed by atoms with Gasteiger partial charge >= 0.3 is 0 Å². The van der Waals surface area contributed by atoms with Crippen molar-refractivity contribution in [2.45, 2.75) is 57.4 Å². The van der Waals surface area contributed by atoms with Gasteiger partial charge in [-0.2, -0.15) is 0 Å². The molecule has 1 N–H and O–H groups in total. The third-order valence-electron chi connectivity index (χ3n) is 6.43. The van der Waals surface area contributed by atoms with Gasteiger partial charge in [0.1, 0.15) is 0 Å². The molecule has 31 heavy (non-hydrogen) atoms. The number of carbonyl (C=O) groups excluding carboxylic acids is 2. The Kier molecular flexibility index (Phi) is 5.88. The van der Waals surface area contributed by atoms with Gasteiger partial charge in [0, 0.05) is 5.69 Å². The van der Waals surface area contributed by atoms with Gasteiger partial charge in [0.25, 0.3) is 10.0 Å². The van der Waals surface area contributed by atoms with Crippen LogP contribution in [0.25, 0.3) is 0 Å². The van der Waals surface area contributed by atoms with Gasteiger partial charge in [-0.3, -0.25) is 19.2 Å². The van der Waals surface area contributed by atoms with E-state index in [0.29, 0.717) is 16.8 Å². The van der Waals surface area contributed by atoms with E-state index in [2.05, 4.69) is 4.72 Å². The molecule has 2 unspecified atom stereocenters. The number of nitrogens with one attached hydrogen (secondary N) is 1. The predicted octanol–water partition coefficient (Wildman–Crippen LogP) is 4.03. The van der Waals surface area contributed by atoms with E-state index in [9.17, 15) is 18.0 Å². The van der Waals surface area contributed by atoms with Crippen LogP contribution in [0.3, 0.4) is 0 Å². The Morgan fingerprint density at radius 1 is 0.935 bits per heavy atom. The number of likely N-dealkylation sites (tertiary alicyclic amines) is 1. The second-order valence-corrected chi connectivity index (χ2v) is 10.2. The summed E-state index contributed by atoms with van der Waals surface area (Å²) < 4.78 is 28.7. The first-order valence-corrected chi connectivity index (χ1v) is 12.3. The minimum atomic E-state index is -3.81. The summed E-state index contributed by atoms with van der Waals surface area (Å²) in [7, 11) is -3.81. The van der Waals surface area contributed by atoms with Crippen LogP contribution in [0.4, 0.5) is 5.69 Å². The second-order valence-electron chi connectivity index (χ2n) is 8.52. The molecule has 2 amide bonds. The Hall–Kier alpha value is -2.67. The van der Waals surface area contributed by atoms with Crippen LogP contribution in [0.5, 0.6) is 0 Å². The molecule has 2 aromatic carbocycles. The van der Waals surface area contributed by atoms with E-state index in [1.54, 1.807) is 37.3 Å². The SMILES string of the molecule is CCc1ccc(NS(=O)(=O)c2cc(CN3C(=O)C4CCCCC4C3=O)ccc2C)cc1. The Labute approximate surface area is 183 Å². The average Bonchev–Trinajstić information content (AvgIpc) is 3.00. The number of hydrogen-bond donors (Lipinski definition) is 1. The summed E-state index contributed by atoms with van der Waals surface area (Å²) >= 11 is 0. The number of hydrogen-bond acceptors (Lipinski definition) is 4. The van der Waals surface area contributed by atoms with Crippen LogP contribution in [0.2, 0.25) is 0 Å². The molecule has 164 valence electrons. The molecule has 1 saturated carbocycles. The zero-order valence-electron chi connectivity index (χ0n) is 17.9. The van der Waals surface area contributed by atoms with Crippen molar-refractivity contribution in [1.82, 2.24) is 4.90 Å². The quantitative estimate of drug-likeness (QED) is 0.688. The fraction of sp³-hybridized carbons (Fsp3) is 0.417. The molecule has 2 fully saturated rings. The summed E-state index contributed by atoms with van der Waals surface area (Å²) in [6, 6.07) is 12.4. The van der Waals surface area contributed by atoms with Crippen molar-refractivity contribution >= 4 is 27.5 Å². The first-order valence-electron chi connectivity index (χ1n) is 10.9. The number of carbonyl (C=O) groups is 2. The van der Waals surface area contributed by atoms with Crippen LogP contribution in [-0.2, 0) is 32.6 Å². The molecule has 1 saturated heterocycles. The second kappa shape index (κ2) is 8.46.